The third-order valence-corrected chi connectivity index (χ3v) is 4.62. The van der Waals surface area contributed by atoms with Crippen LogP contribution in [0, 0.1) is 30.1 Å². The van der Waals surface area contributed by atoms with E-state index in [0.717, 1.165) is 31.1 Å². The Morgan fingerprint density at radius 2 is 2.26 bits per heavy atom. The lowest BCUT2D eigenvalue weighted by molar-refractivity contribution is 0.117. The molecule has 104 valence electrons. The first kappa shape index (κ1) is 14.1. The van der Waals surface area contributed by atoms with Crippen LogP contribution in [0.15, 0.2) is 16.7 Å². The minimum atomic E-state index is 0.181. The lowest BCUT2D eigenvalue weighted by atomic mass is 9.77. The first-order valence-corrected chi connectivity index (χ1v) is 7.28. The van der Waals surface area contributed by atoms with E-state index in [1.54, 1.807) is 6.26 Å². The van der Waals surface area contributed by atoms with Gasteiger partial charge in [0.1, 0.15) is 5.76 Å². The van der Waals surface area contributed by atoms with E-state index < -0.39 is 0 Å². The summed E-state index contributed by atoms with van der Waals surface area (Å²) in [4.78, 5) is 2.34. The zero-order valence-corrected chi connectivity index (χ0v) is 12.2. The van der Waals surface area contributed by atoms with Gasteiger partial charge in [0.05, 0.1) is 18.3 Å². The van der Waals surface area contributed by atoms with Crippen LogP contribution in [0.5, 0.6) is 0 Å². The van der Waals surface area contributed by atoms with Crippen molar-refractivity contribution in [2.75, 3.05) is 7.05 Å². The lowest BCUT2D eigenvalue weighted by Crippen LogP contribution is -2.41. The zero-order chi connectivity index (χ0) is 13.8. The van der Waals surface area contributed by atoms with Gasteiger partial charge in [0, 0.05) is 18.2 Å². The van der Waals surface area contributed by atoms with Crippen LogP contribution in [-0.2, 0) is 6.54 Å². The van der Waals surface area contributed by atoms with Crippen LogP contribution in [-0.4, -0.2) is 18.0 Å². The molecule has 19 heavy (non-hydrogen) atoms. The average Bonchev–Trinajstić information content (AvgIpc) is 2.83. The highest BCUT2D eigenvalue weighted by Crippen LogP contribution is 2.34. The molecule has 3 unspecified atom stereocenters. The molecule has 1 heterocycles. The Hall–Kier alpha value is -1.27. The monoisotopic (exact) mass is 260 g/mol. The molecule has 0 saturated heterocycles. The minimum absolute atomic E-state index is 0.181. The second kappa shape index (κ2) is 6.25. The Morgan fingerprint density at radius 3 is 2.84 bits per heavy atom. The fourth-order valence-electron chi connectivity index (χ4n) is 3.20. The molecule has 1 aromatic rings. The molecule has 0 bridgehead atoms. The summed E-state index contributed by atoms with van der Waals surface area (Å²) in [6.45, 7) is 5.14. The SMILES string of the molecule is CCC1CCC(C#N)C(N(C)Cc2ccoc2C)C1. The molecule has 2 rings (SSSR count). The summed E-state index contributed by atoms with van der Waals surface area (Å²) in [5.74, 6) is 1.95. The van der Waals surface area contributed by atoms with Gasteiger partial charge < -0.3 is 4.42 Å². The molecule has 0 aliphatic heterocycles. The zero-order valence-electron chi connectivity index (χ0n) is 12.2. The molecular formula is C16H24N2O. The van der Waals surface area contributed by atoms with Crippen LogP contribution in [0.1, 0.15) is 43.9 Å². The summed E-state index contributed by atoms with van der Waals surface area (Å²) >= 11 is 0. The average molecular weight is 260 g/mol. The molecule has 1 saturated carbocycles. The molecule has 0 spiro atoms. The molecule has 0 N–H and O–H groups in total. The Balaban J connectivity index is 2.04. The highest BCUT2D eigenvalue weighted by atomic mass is 16.3. The van der Waals surface area contributed by atoms with Crippen molar-refractivity contribution in [1.29, 1.82) is 5.26 Å². The van der Waals surface area contributed by atoms with Gasteiger partial charge in [0.25, 0.3) is 0 Å². The third-order valence-electron chi connectivity index (χ3n) is 4.62. The van der Waals surface area contributed by atoms with Gasteiger partial charge in [-0.1, -0.05) is 13.3 Å². The Bertz CT molecular complexity index is 446. The van der Waals surface area contributed by atoms with Gasteiger partial charge in [0.2, 0.25) is 0 Å². The van der Waals surface area contributed by atoms with Gasteiger partial charge in [-0.15, -0.1) is 0 Å². The van der Waals surface area contributed by atoms with E-state index in [2.05, 4.69) is 24.9 Å². The largest absolute Gasteiger partial charge is 0.469 e. The lowest BCUT2D eigenvalue weighted by Gasteiger charge is -2.38. The number of furan rings is 1. The molecular weight excluding hydrogens is 236 g/mol. The first-order chi connectivity index (χ1) is 9.15. The minimum Gasteiger partial charge on any atom is -0.469 e. The van der Waals surface area contributed by atoms with Crippen molar-refractivity contribution < 1.29 is 4.42 Å². The molecule has 3 heteroatoms. The van der Waals surface area contributed by atoms with E-state index in [4.69, 9.17) is 4.42 Å². The fourth-order valence-corrected chi connectivity index (χ4v) is 3.20. The highest BCUT2D eigenvalue weighted by Gasteiger charge is 2.32. The molecule has 0 amide bonds. The molecule has 1 aliphatic rings. The standard InChI is InChI=1S/C16H24N2O/c1-4-13-5-6-14(10-17)16(9-13)18(3)11-15-7-8-19-12(15)2/h7-8,13-14,16H,4-6,9,11H2,1-3H3. The summed E-state index contributed by atoms with van der Waals surface area (Å²) in [5.41, 5.74) is 1.23. The molecule has 1 aliphatic carbocycles. The van der Waals surface area contributed by atoms with Crippen molar-refractivity contribution in [3.8, 4) is 6.07 Å². The maximum Gasteiger partial charge on any atom is 0.105 e. The van der Waals surface area contributed by atoms with Crippen LogP contribution in [0.4, 0.5) is 0 Å². The number of hydrogen-bond donors (Lipinski definition) is 0. The Labute approximate surface area is 116 Å². The second-order valence-electron chi connectivity index (χ2n) is 5.81. The summed E-state index contributed by atoms with van der Waals surface area (Å²) < 4.78 is 5.36. The van der Waals surface area contributed by atoms with E-state index in [1.165, 1.54) is 18.4 Å². The summed E-state index contributed by atoms with van der Waals surface area (Å²) in [7, 11) is 2.14. The van der Waals surface area contributed by atoms with E-state index in [9.17, 15) is 5.26 Å². The van der Waals surface area contributed by atoms with Gasteiger partial charge in [-0.2, -0.15) is 5.26 Å². The van der Waals surface area contributed by atoms with Crippen LogP contribution in [0.25, 0.3) is 0 Å². The smallest absolute Gasteiger partial charge is 0.105 e. The van der Waals surface area contributed by atoms with E-state index >= 15 is 0 Å². The highest BCUT2D eigenvalue weighted by molar-refractivity contribution is 5.15. The normalized spacial score (nSPS) is 27.4. The van der Waals surface area contributed by atoms with Crippen LogP contribution < -0.4 is 0 Å². The molecule has 3 nitrogen and oxygen atoms in total. The summed E-state index contributed by atoms with van der Waals surface area (Å²) in [5, 5.41) is 9.35. The van der Waals surface area contributed by atoms with Gasteiger partial charge in [-0.3, -0.25) is 4.90 Å². The van der Waals surface area contributed by atoms with Gasteiger partial charge in [-0.25, -0.2) is 0 Å². The summed E-state index contributed by atoms with van der Waals surface area (Å²) in [6, 6.07) is 4.93. The number of rotatable bonds is 4. The maximum atomic E-state index is 9.35. The second-order valence-corrected chi connectivity index (χ2v) is 5.81. The van der Waals surface area contributed by atoms with E-state index in [0.29, 0.717) is 6.04 Å². The number of nitriles is 1. The first-order valence-electron chi connectivity index (χ1n) is 7.28. The Morgan fingerprint density at radius 1 is 1.47 bits per heavy atom. The molecule has 1 fully saturated rings. The van der Waals surface area contributed by atoms with Gasteiger partial charge >= 0.3 is 0 Å². The quantitative estimate of drug-likeness (QED) is 0.828. The number of aryl methyl sites for hydroxylation is 1. The van der Waals surface area contributed by atoms with Crippen LogP contribution in [0.3, 0.4) is 0 Å². The Kier molecular flexibility index (Phi) is 4.66. The molecule has 1 aromatic heterocycles. The number of hydrogen-bond acceptors (Lipinski definition) is 3. The van der Waals surface area contributed by atoms with Crippen molar-refractivity contribution in [3.05, 3.63) is 23.7 Å². The summed E-state index contributed by atoms with van der Waals surface area (Å²) in [6.07, 6.45) is 6.39. The third kappa shape index (κ3) is 3.19. The van der Waals surface area contributed by atoms with Crippen molar-refractivity contribution in [3.63, 3.8) is 0 Å². The molecule has 0 radical (unpaired) electrons. The molecule has 0 aromatic carbocycles. The van der Waals surface area contributed by atoms with Crippen molar-refractivity contribution in [2.24, 2.45) is 11.8 Å². The van der Waals surface area contributed by atoms with E-state index in [1.807, 2.05) is 13.0 Å². The van der Waals surface area contributed by atoms with Gasteiger partial charge in [-0.05, 0) is 45.2 Å². The van der Waals surface area contributed by atoms with Gasteiger partial charge in [0.15, 0.2) is 0 Å². The van der Waals surface area contributed by atoms with Crippen molar-refractivity contribution >= 4 is 0 Å². The predicted octanol–water partition coefficient (Wildman–Crippen LogP) is 3.74. The van der Waals surface area contributed by atoms with Crippen LogP contribution in [0.2, 0.25) is 0 Å². The fraction of sp³-hybridized carbons (Fsp3) is 0.688. The topological polar surface area (TPSA) is 40.2 Å². The maximum absolute atomic E-state index is 9.35. The number of nitrogens with zero attached hydrogens (tertiary/aromatic N) is 2. The van der Waals surface area contributed by atoms with Crippen LogP contribution >= 0.6 is 0 Å². The van der Waals surface area contributed by atoms with E-state index in [-0.39, 0.29) is 5.92 Å². The predicted molar refractivity (Wildman–Crippen MR) is 75.4 cm³/mol. The molecule has 3 atom stereocenters. The van der Waals surface area contributed by atoms with Crippen molar-refractivity contribution in [2.45, 2.75) is 52.1 Å². The van der Waals surface area contributed by atoms with Crippen molar-refractivity contribution in [1.82, 2.24) is 4.90 Å².